The predicted octanol–water partition coefficient (Wildman–Crippen LogP) is 3.45. The summed E-state index contributed by atoms with van der Waals surface area (Å²) in [5.74, 6) is -0.380. The molecular formula is C12H11BrN2O2S. The molecule has 0 saturated carbocycles. The van der Waals surface area contributed by atoms with Gasteiger partial charge in [-0.15, -0.1) is 11.3 Å². The van der Waals surface area contributed by atoms with Crippen LogP contribution in [-0.4, -0.2) is 22.5 Å². The van der Waals surface area contributed by atoms with Crippen LogP contribution in [0.2, 0.25) is 0 Å². The van der Waals surface area contributed by atoms with Crippen LogP contribution in [0.4, 0.5) is 0 Å². The van der Waals surface area contributed by atoms with Crippen molar-refractivity contribution in [2.75, 3.05) is 6.61 Å². The van der Waals surface area contributed by atoms with Crippen LogP contribution in [0, 0.1) is 6.92 Å². The van der Waals surface area contributed by atoms with Crippen molar-refractivity contribution < 1.29 is 9.53 Å². The van der Waals surface area contributed by atoms with Gasteiger partial charge in [0.05, 0.1) is 17.2 Å². The largest absolute Gasteiger partial charge is 0.460 e. The molecule has 0 fully saturated rings. The summed E-state index contributed by atoms with van der Waals surface area (Å²) in [5.41, 5.74) is 1.48. The second kappa shape index (κ2) is 5.58. The number of carbonyl (C=O) groups excluding carboxylic acids is 1. The lowest BCUT2D eigenvalue weighted by Gasteiger charge is -2.04. The molecule has 4 nitrogen and oxygen atoms in total. The number of aryl methyl sites for hydroxylation is 1. The minimum Gasteiger partial charge on any atom is -0.460 e. The summed E-state index contributed by atoms with van der Waals surface area (Å²) >= 11 is 4.95. The van der Waals surface area contributed by atoms with E-state index in [0.29, 0.717) is 6.61 Å². The third kappa shape index (κ3) is 2.94. The van der Waals surface area contributed by atoms with Crippen LogP contribution in [0.3, 0.4) is 0 Å². The van der Waals surface area contributed by atoms with Crippen molar-refractivity contribution in [2.24, 2.45) is 0 Å². The van der Waals surface area contributed by atoms with E-state index in [0.717, 1.165) is 20.7 Å². The third-order valence-corrected chi connectivity index (χ3v) is 3.85. The van der Waals surface area contributed by atoms with Gasteiger partial charge in [-0.25, -0.2) is 14.8 Å². The maximum absolute atomic E-state index is 11.6. The molecule has 0 radical (unpaired) electrons. The summed E-state index contributed by atoms with van der Waals surface area (Å²) < 4.78 is 5.91. The molecule has 0 N–H and O–H groups in total. The summed E-state index contributed by atoms with van der Waals surface area (Å²) in [6.45, 7) is 3.90. The number of carbonyl (C=O) groups is 1. The first kappa shape index (κ1) is 13.2. The molecule has 0 unspecified atom stereocenters. The molecule has 94 valence electrons. The fourth-order valence-corrected chi connectivity index (χ4v) is 2.82. The normalized spacial score (nSPS) is 10.4. The minimum absolute atomic E-state index is 0.108. The second-order valence-electron chi connectivity index (χ2n) is 3.57. The van der Waals surface area contributed by atoms with Gasteiger partial charge in [-0.05, 0) is 41.9 Å². The highest BCUT2D eigenvalue weighted by Crippen LogP contribution is 2.28. The van der Waals surface area contributed by atoms with E-state index < -0.39 is 5.97 Å². The van der Waals surface area contributed by atoms with E-state index in [-0.39, 0.29) is 5.82 Å². The highest BCUT2D eigenvalue weighted by atomic mass is 79.9. The molecule has 0 bridgehead atoms. The monoisotopic (exact) mass is 326 g/mol. The highest BCUT2D eigenvalue weighted by Gasteiger charge is 2.13. The first-order valence-corrected chi connectivity index (χ1v) is 7.04. The van der Waals surface area contributed by atoms with Gasteiger partial charge in [-0.2, -0.15) is 0 Å². The molecule has 0 saturated heterocycles. The van der Waals surface area contributed by atoms with Gasteiger partial charge < -0.3 is 4.74 Å². The van der Waals surface area contributed by atoms with Crippen molar-refractivity contribution >= 4 is 33.2 Å². The Morgan fingerprint density at radius 1 is 1.44 bits per heavy atom. The van der Waals surface area contributed by atoms with E-state index in [1.807, 2.05) is 24.4 Å². The zero-order chi connectivity index (χ0) is 13.1. The van der Waals surface area contributed by atoms with Crippen LogP contribution in [0.25, 0.3) is 10.6 Å². The van der Waals surface area contributed by atoms with Gasteiger partial charge in [0, 0.05) is 15.5 Å². The van der Waals surface area contributed by atoms with Crippen molar-refractivity contribution in [2.45, 2.75) is 13.8 Å². The standard InChI is InChI=1S/C12H11BrN2O2S/c1-3-17-12(16)11-14-7(2)4-9(15-11)10-5-8(13)6-18-10/h4-6H,3H2,1-2H3. The van der Waals surface area contributed by atoms with E-state index >= 15 is 0 Å². The van der Waals surface area contributed by atoms with E-state index in [1.54, 1.807) is 18.3 Å². The highest BCUT2D eigenvalue weighted by molar-refractivity contribution is 9.10. The van der Waals surface area contributed by atoms with Crippen LogP contribution in [0.1, 0.15) is 23.2 Å². The molecule has 0 spiro atoms. The molecule has 2 aromatic heterocycles. The molecule has 0 aromatic carbocycles. The minimum atomic E-state index is -0.488. The van der Waals surface area contributed by atoms with Crippen molar-refractivity contribution in [3.63, 3.8) is 0 Å². The number of rotatable bonds is 3. The number of nitrogens with zero attached hydrogens (tertiary/aromatic N) is 2. The fourth-order valence-electron chi connectivity index (χ4n) is 1.43. The Kier molecular flexibility index (Phi) is 4.08. The Morgan fingerprint density at radius 2 is 2.22 bits per heavy atom. The molecule has 0 aliphatic carbocycles. The number of hydrogen-bond donors (Lipinski definition) is 0. The maximum Gasteiger partial charge on any atom is 0.376 e. The van der Waals surface area contributed by atoms with Gasteiger partial charge >= 0.3 is 5.97 Å². The van der Waals surface area contributed by atoms with Gasteiger partial charge in [0.2, 0.25) is 5.82 Å². The van der Waals surface area contributed by atoms with Crippen LogP contribution in [-0.2, 0) is 4.74 Å². The van der Waals surface area contributed by atoms with Crippen LogP contribution < -0.4 is 0 Å². The van der Waals surface area contributed by atoms with Gasteiger partial charge in [0.25, 0.3) is 0 Å². The zero-order valence-electron chi connectivity index (χ0n) is 9.94. The topological polar surface area (TPSA) is 52.1 Å². The Labute approximate surface area is 117 Å². The summed E-state index contributed by atoms with van der Waals surface area (Å²) in [4.78, 5) is 20.9. The van der Waals surface area contributed by atoms with E-state index in [4.69, 9.17) is 4.74 Å². The molecule has 2 rings (SSSR count). The Morgan fingerprint density at radius 3 is 2.83 bits per heavy atom. The van der Waals surface area contributed by atoms with Crippen LogP contribution in [0.15, 0.2) is 22.0 Å². The summed E-state index contributed by atoms with van der Waals surface area (Å²) in [6, 6.07) is 3.81. The Balaban J connectivity index is 2.41. The number of esters is 1. The predicted molar refractivity (Wildman–Crippen MR) is 73.7 cm³/mol. The SMILES string of the molecule is CCOC(=O)c1nc(C)cc(-c2cc(Br)cs2)n1. The van der Waals surface area contributed by atoms with Crippen molar-refractivity contribution in [1.29, 1.82) is 0 Å². The quantitative estimate of drug-likeness (QED) is 0.810. The van der Waals surface area contributed by atoms with Crippen molar-refractivity contribution in [3.8, 4) is 10.6 Å². The zero-order valence-corrected chi connectivity index (χ0v) is 12.3. The average molecular weight is 327 g/mol. The average Bonchev–Trinajstić information content (AvgIpc) is 2.75. The van der Waals surface area contributed by atoms with E-state index in [2.05, 4.69) is 25.9 Å². The van der Waals surface area contributed by atoms with Crippen molar-refractivity contribution in [3.05, 3.63) is 33.5 Å². The number of halogens is 1. The van der Waals surface area contributed by atoms with E-state index in [1.165, 1.54) is 0 Å². The van der Waals surface area contributed by atoms with Crippen LogP contribution >= 0.6 is 27.3 Å². The molecule has 0 aliphatic rings. The smallest absolute Gasteiger partial charge is 0.376 e. The second-order valence-corrected chi connectivity index (χ2v) is 5.39. The lowest BCUT2D eigenvalue weighted by molar-refractivity contribution is 0.0512. The molecule has 2 aromatic rings. The van der Waals surface area contributed by atoms with Gasteiger partial charge in [0.15, 0.2) is 0 Å². The number of hydrogen-bond acceptors (Lipinski definition) is 5. The molecule has 18 heavy (non-hydrogen) atoms. The molecule has 0 atom stereocenters. The summed E-state index contributed by atoms with van der Waals surface area (Å²) in [7, 11) is 0. The lowest BCUT2D eigenvalue weighted by Crippen LogP contribution is -2.10. The Hall–Kier alpha value is -1.27. The lowest BCUT2D eigenvalue weighted by atomic mass is 10.3. The third-order valence-electron chi connectivity index (χ3n) is 2.13. The van der Waals surface area contributed by atoms with E-state index in [9.17, 15) is 4.79 Å². The first-order valence-electron chi connectivity index (χ1n) is 5.37. The molecule has 0 aliphatic heterocycles. The number of thiophene rings is 1. The first-order chi connectivity index (χ1) is 8.60. The number of aromatic nitrogens is 2. The maximum atomic E-state index is 11.6. The molecule has 0 amide bonds. The summed E-state index contributed by atoms with van der Waals surface area (Å²) in [6.07, 6.45) is 0. The molecule has 2 heterocycles. The molecule has 6 heteroatoms. The van der Waals surface area contributed by atoms with Gasteiger partial charge in [-0.3, -0.25) is 0 Å². The fraction of sp³-hybridized carbons (Fsp3) is 0.250. The van der Waals surface area contributed by atoms with Gasteiger partial charge in [0.1, 0.15) is 0 Å². The van der Waals surface area contributed by atoms with Crippen molar-refractivity contribution in [1.82, 2.24) is 9.97 Å². The van der Waals surface area contributed by atoms with Crippen LogP contribution in [0.5, 0.6) is 0 Å². The Bertz CT molecular complexity index is 583. The van der Waals surface area contributed by atoms with Gasteiger partial charge in [-0.1, -0.05) is 0 Å². The molecular weight excluding hydrogens is 316 g/mol. The number of ether oxygens (including phenoxy) is 1. The summed E-state index contributed by atoms with van der Waals surface area (Å²) in [5, 5.41) is 1.97.